The number of nitrogens with zero attached hydrogens (tertiary/aromatic N) is 1. The Morgan fingerprint density at radius 3 is 2.73 bits per heavy atom. The fourth-order valence-corrected chi connectivity index (χ4v) is 1.23. The zero-order valence-electron chi connectivity index (χ0n) is 9.46. The summed E-state index contributed by atoms with van der Waals surface area (Å²) >= 11 is 0. The number of H-pyrrole nitrogens is 1. The average Bonchev–Trinajstić information content (AvgIpc) is 2.18. The van der Waals surface area contributed by atoms with E-state index < -0.39 is 0 Å². The van der Waals surface area contributed by atoms with Crippen LogP contribution in [0.25, 0.3) is 0 Å². The molecule has 1 rings (SSSR count). The molecule has 1 heterocycles. The van der Waals surface area contributed by atoms with Gasteiger partial charge in [0.1, 0.15) is 0 Å². The van der Waals surface area contributed by atoms with Crippen molar-refractivity contribution in [2.75, 3.05) is 0 Å². The summed E-state index contributed by atoms with van der Waals surface area (Å²) in [5.41, 5.74) is 3.60. The summed E-state index contributed by atoms with van der Waals surface area (Å²) in [6, 6.07) is 3.99. The van der Waals surface area contributed by atoms with Crippen LogP contribution >= 0.6 is 0 Å². The van der Waals surface area contributed by atoms with Crippen LogP contribution in [0, 0.1) is 19.3 Å². The average molecular weight is 203 g/mol. The third kappa shape index (κ3) is 4.40. The molecule has 0 atom stereocenters. The van der Waals surface area contributed by atoms with E-state index in [0.29, 0.717) is 12.1 Å². The summed E-state index contributed by atoms with van der Waals surface area (Å²) in [5, 5.41) is 7.45. The monoisotopic (exact) mass is 203 g/mol. The summed E-state index contributed by atoms with van der Waals surface area (Å²) in [7, 11) is 0. The van der Waals surface area contributed by atoms with E-state index in [4.69, 9.17) is 5.41 Å². The van der Waals surface area contributed by atoms with E-state index in [9.17, 15) is 0 Å². The molecular weight excluding hydrogens is 186 g/mol. The highest BCUT2D eigenvalue weighted by atomic mass is 14.7. The molecule has 1 aromatic heterocycles. The molecule has 0 bridgehead atoms. The Morgan fingerprint density at radius 2 is 2.07 bits per heavy atom. The molecule has 80 valence electrons. The molecule has 3 heteroatoms. The number of rotatable bonds is 2. The number of aromatic amines is 1. The standard InChI is InChI=1S/C12H17N3/c1-9-4-5-11(3)15-12(6-10(2)13)8-14-7-9/h4-5,7-8,13-14H,6H2,1-3H3. The lowest BCUT2D eigenvalue weighted by Gasteiger charge is -1.95. The lowest BCUT2D eigenvalue weighted by Crippen LogP contribution is -1.97. The molecule has 15 heavy (non-hydrogen) atoms. The van der Waals surface area contributed by atoms with Crippen LogP contribution in [-0.2, 0) is 6.42 Å². The van der Waals surface area contributed by atoms with Gasteiger partial charge in [0.05, 0.1) is 5.69 Å². The van der Waals surface area contributed by atoms with Crippen molar-refractivity contribution < 1.29 is 0 Å². The molecule has 0 aliphatic rings. The Morgan fingerprint density at radius 1 is 1.33 bits per heavy atom. The molecule has 1 aromatic rings. The van der Waals surface area contributed by atoms with Gasteiger partial charge in [-0.15, -0.1) is 0 Å². The first-order valence-corrected chi connectivity index (χ1v) is 4.97. The maximum absolute atomic E-state index is 7.45. The van der Waals surface area contributed by atoms with Crippen LogP contribution in [0.3, 0.4) is 0 Å². The van der Waals surface area contributed by atoms with Gasteiger partial charge in [-0.2, -0.15) is 0 Å². The van der Waals surface area contributed by atoms with E-state index in [-0.39, 0.29) is 0 Å². The first-order chi connectivity index (χ1) is 7.08. The first-order valence-electron chi connectivity index (χ1n) is 4.97. The highest BCUT2D eigenvalue weighted by Crippen LogP contribution is 1.97. The van der Waals surface area contributed by atoms with Crippen molar-refractivity contribution in [3.63, 3.8) is 0 Å². The van der Waals surface area contributed by atoms with Crippen molar-refractivity contribution in [1.82, 2.24) is 9.97 Å². The van der Waals surface area contributed by atoms with Crippen molar-refractivity contribution >= 4 is 5.71 Å². The second kappa shape index (κ2) is 5.29. The highest BCUT2D eigenvalue weighted by Gasteiger charge is 1.94. The quantitative estimate of drug-likeness (QED) is 0.713. The van der Waals surface area contributed by atoms with Crippen LogP contribution in [-0.4, -0.2) is 15.7 Å². The molecule has 0 radical (unpaired) electrons. The molecule has 0 amide bonds. The van der Waals surface area contributed by atoms with Crippen LogP contribution in [0.1, 0.15) is 23.9 Å². The summed E-state index contributed by atoms with van der Waals surface area (Å²) in [5.74, 6) is 0. The fraction of sp³-hybridized carbons (Fsp3) is 0.333. The van der Waals surface area contributed by atoms with Gasteiger partial charge in [0.25, 0.3) is 0 Å². The lowest BCUT2D eigenvalue weighted by molar-refractivity contribution is 1.07. The summed E-state index contributed by atoms with van der Waals surface area (Å²) in [6.45, 7) is 5.77. The third-order valence-electron chi connectivity index (χ3n) is 1.91. The normalized spacial score (nSPS) is 9.53. The largest absolute Gasteiger partial charge is 0.366 e. The summed E-state index contributed by atoms with van der Waals surface area (Å²) in [6.07, 6.45) is 4.35. The maximum atomic E-state index is 7.45. The Kier molecular flexibility index (Phi) is 4.03. The SMILES string of the molecule is CC(=N)Cc1c[nH]cc(C)ccc(C)n1. The van der Waals surface area contributed by atoms with E-state index in [2.05, 4.69) is 9.97 Å². The minimum absolute atomic E-state index is 0.588. The van der Waals surface area contributed by atoms with E-state index >= 15 is 0 Å². The first kappa shape index (κ1) is 11.4. The van der Waals surface area contributed by atoms with E-state index in [1.807, 2.05) is 38.4 Å². The maximum Gasteiger partial charge on any atom is 0.0622 e. The summed E-state index contributed by atoms with van der Waals surface area (Å²) < 4.78 is 0. The molecule has 2 N–H and O–H groups in total. The molecule has 0 spiro atoms. The predicted octanol–water partition coefficient (Wildman–Crippen LogP) is 2.73. The van der Waals surface area contributed by atoms with Gasteiger partial charge in [-0.05, 0) is 32.4 Å². The van der Waals surface area contributed by atoms with E-state index in [0.717, 1.165) is 17.0 Å². The Labute approximate surface area is 90.4 Å². The van der Waals surface area contributed by atoms with Crippen LogP contribution in [0.5, 0.6) is 0 Å². The van der Waals surface area contributed by atoms with Crippen molar-refractivity contribution in [1.29, 1.82) is 5.41 Å². The van der Waals surface area contributed by atoms with Crippen molar-refractivity contribution in [2.45, 2.75) is 27.2 Å². The van der Waals surface area contributed by atoms with Crippen LogP contribution in [0.15, 0.2) is 24.5 Å². The molecule has 0 unspecified atom stereocenters. The van der Waals surface area contributed by atoms with Gasteiger partial charge in [-0.1, -0.05) is 6.07 Å². The minimum atomic E-state index is 0.588. The van der Waals surface area contributed by atoms with E-state index in [1.54, 1.807) is 6.92 Å². The van der Waals surface area contributed by atoms with Crippen molar-refractivity contribution in [3.05, 3.63) is 41.5 Å². The smallest absolute Gasteiger partial charge is 0.0622 e. The van der Waals surface area contributed by atoms with Crippen molar-refractivity contribution in [3.8, 4) is 0 Å². The number of nitrogens with one attached hydrogen (secondary N) is 2. The molecule has 3 nitrogen and oxygen atoms in total. The van der Waals surface area contributed by atoms with Gasteiger partial charge < -0.3 is 10.4 Å². The number of hydrogen-bond donors (Lipinski definition) is 2. The van der Waals surface area contributed by atoms with E-state index in [1.165, 1.54) is 0 Å². The third-order valence-corrected chi connectivity index (χ3v) is 1.91. The summed E-state index contributed by atoms with van der Waals surface area (Å²) in [4.78, 5) is 7.50. The highest BCUT2D eigenvalue weighted by molar-refractivity contribution is 5.80. The second-order valence-corrected chi connectivity index (χ2v) is 3.73. The molecule has 0 saturated heterocycles. The number of aromatic nitrogens is 2. The van der Waals surface area contributed by atoms with Gasteiger partial charge in [0, 0.05) is 30.2 Å². The van der Waals surface area contributed by atoms with Crippen LogP contribution in [0.4, 0.5) is 0 Å². The van der Waals surface area contributed by atoms with Crippen molar-refractivity contribution in [2.24, 2.45) is 0 Å². The van der Waals surface area contributed by atoms with Gasteiger partial charge in [0.2, 0.25) is 0 Å². The van der Waals surface area contributed by atoms with Gasteiger partial charge in [-0.25, -0.2) is 0 Å². The Bertz CT molecular complexity index is 403. The number of aryl methyl sites for hydroxylation is 2. The van der Waals surface area contributed by atoms with Crippen LogP contribution in [0.2, 0.25) is 0 Å². The van der Waals surface area contributed by atoms with Gasteiger partial charge in [-0.3, -0.25) is 4.98 Å². The second-order valence-electron chi connectivity index (χ2n) is 3.73. The molecule has 0 aliphatic carbocycles. The topological polar surface area (TPSA) is 52.5 Å². The Hall–Kier alpha value is -1.64. The molecule has 0 aromatic carbocycles. The predicted molar refractivity (Wildman–Crippen MR) is 62.8 cm³/mol. The molecule has 0 fully saturated rings. The minimum Gasteiger partial charge on any atom is -0.366 e. The Balaban J connectivity index is 3.20. The molecule has 0 saturated carbocycles. The van der Waals surface area contributed by atoms with Gasteiger partial charge in [0.15, 0.2) is 0 Å². The number of hydrogen-bond acceptors (Lipinski definition) is 2. The fourth-order valence-electron chi connectivity index (χ4n) is 1.23. The zero-order valence-corrected chi connectivity index (χ0v) is 9.46. The molecular formula is C12H17N3. The zero-order chi connectivity index (χ0) is 11.3. The lowest BCUT2D eigenvalue weighted by atomic mass is 10.2. The van der Waals surface area contributed by atoms with Gasteiger partial charge >= 0.3 is 0 Å². The molecule has 0 aliphatic heterocycles. The van der Waals surface area contributed by atoms with Crippen LogP contribution < -0.4 is 0 Å².